The molecule has 0 fully saturated rings. The minimum atomic E-state index is -1.12. The van der Waals surface area contributed by atoms with E-state index in [0.29, 0.717) is 0 Å². The number of hydrogen-bond donors (Lipinski definition) is 0. The van der Waals surface area contributed by atoms with E-state index in [-0.39, 0.29) is 5.76 Å². The van der Waals surface area contributed by atoms with Gasteiger partial charge in [-0.2, -0.15) is 0 Å². The molecule has 0 aromatic carbocycles. The molecule has 9 heavy (non-hydrogen) atoms. The van der Waals surface area contributed by atoms with Crippen molar-refractivity contribution in [2.45, 2.75) is 0 Å². The standard InChI is InChI=1S/C5H9FO2S/c1-8-5(3-6)4-9(2)7/h4H,3H2,1-2H3/b5-4+. The van der Waals surface area contributed by atoms with Crippen LogP contribution in [0.25, 0.3) is 0 Å². The first-order chi connectivity index (χ1) is 4.20. The zero-order chi connectivity index (χ0) is 7.28. The van der Waals surface area contributed by atoms with Gasteiger partial charge < -0.3 is 4.74 Å². The number of hydrogen-bond acceptors (Lipinski definition) is 2. The molecule has 0 saturated heterocycles. The monoisotopic (exact) mass is 152 g/mol. The minimum Gasteiger partial charge on any atom is -0.498 e. The predicted octanol–water partition coefficient (Wildman–Crippen LogP) is 0.822. The molecule has 4 heteroatoms. The Morgan fingerprint density at radius 3 is 2.56 bits per heavy atom. The van der Waals surface area contributed by atoms with Crippen LogP contribution < -0.4 is 0 Å². The molecule has 0 aliphatic heterocycles. The van der Waals surface area contributed by atoms with Gasteiger partial charge in [-0.05, 0) is 0 Å². The number of rotatable bonds is 3. The lowest BCUT2D eigenvalue weighted by Crippen LogP contribution is -1.90. The highest BCUT2D eigenvalue weighted by Gasteiger charge is 1.93. The molecule has 0 saturated carbocycles. The summed E-state index contributed by atoms with van der Waals surface area (Å²) in [6, 6.07) is 0. The van der Waals surface area contributed by atoms with E-state index in [1.165, 1.54) is 18.8 Å². The second-order valence-corrected chi connectivity index (χ2v) is 2.65. The largest absolute Gasteiger partial charge is 0.498 e. The van der Waals surface area contributed by atoms with Crippen molar-refractivity contribution < 1.29 is 13.3 Å². The topological polar surface area (TPSA) is 26.3 Å². The second kappa shape index (κ2) is 4.49. The van der Waals surface area contributed by atoms with Crippen LogP contribution in [0.2, 0.25) is 0 Å². The number of ether oxygens (including phenoxy) is 1. The van der Waals surface area contributed by atoms with Crippen molar-refractivity contribution in [2.24, 2.45) is 0 Å². The quantitative estimate of drug-likeness (QED) is 0.560. The third kappa shape index (κ3) is 4.14. The maximum atomic E-state index is 11.7. The molecule has 0 spiro atoms. The van der Waals surface area contributed by atoms with Crippen LogP contribution in [0.3, 0.4) is 0 Å². The van der Waals surface area contributed by atoms with E-state index in [4.69, 9.17) is 0 Å². The molecule has 1 atom stereocenters. The Balaban J connectivity index is 3.91. The SMILES string of the molecule is CO/C(=C/S(C)=O)CF. The molecule has 1 unspecified atom stereocenters. The van der Waals surface area contributed by atoms with Gasteiger partial charge in [-0.15, -0.1) is 0 Å². The normalized spacial score (nSPS) is 15.2. The van der Waals surface area contributed by atoms with Gasteiger partial charge in [0, 0.05) is 22.5 Å². The van der Waals surface area contributed by atoms with E-state index >= 15 is 0 Å². The molecular formula is C5H9FO2S. The van der Waals surface area contributed by atoms with Crippen molar-refractivity contribution in [1.82, 2.24) is 0 Å². The maximum absolute atomic E-state index is 11.7. The highest BCUT2D eigenvalue weighted by atomic mass is 32.2. The smallest absolute Gasteiger partial charge is 0.147 e. The van der Waals surface area contributed by atoms with E-state index in [0.717, 1.165) is 0 Å². The van der Waals surface area contributed by atoms with Crippen molar-refractivity contribution in [3.05, 3.63) is 11.2 Å². The molecule has 0 aromatic heterocycles. The van der Waals surface area contributed by atoms with Gasteiger partial charge in [0.1, 0.15) is 12.4 Å². The summed E-state index contributed by atoms with van der Waals surface area (Å²) in [4.78, 5) is 0. The summed E-state index contributed by atoms with van der Waals surface area (Å²) in [6.45, 7) is -0.698. The molecule has 0 aromatic rings. The first-order valence-corrected chi connectivity index (χ1v) is 3.95. The lowest BCUT2D eigenvalue weighted by atomic mass is 10.6. The van der Waals surface area contributed by atoms with E-state index < -0.39 is 17.5 Å². The van der Waals surface area contributed by atoms with Gasteiger partial charge in [-0.1, -0.05) is 0 Å². The Labute approximate surface area is 56.2 Å². The molecule has 0 heterocycles. The number of methoxy groups -OCH3 is 1. The number of alkyl halides is 1. The Kier molecular flexibility index (Phi) is 4.30. The van der Waals surface area contributed by atoms with Crippen LogP contribution in [0.1, 0.15) is 0 Å². The van der Waals surface area contributed by atoms with Crippen molar-refractivity contribution >= 4 is 10.8 Å². The molecule has 0 aliphatic carbocycles. The Bertz CT molecular complexity index is 127. The zero-order valence-corrected chi connectivity index (χ0v) is 6.20. The summed E-state index contributed by atoms with van der Waals surface area (Å²) in [5, 5.41) is 1.24. The van der Waals surface area contributed by atoms with Crippen molar-refractivity contribution in [2.75, 3.05) is 20.0 Å². The van der Waals surface area contributed by atoms with E-state index in [2.05, 4.69) is 4.74 Å². The average Bonchev–Trinajstić information content (AvgIpc) is 1.82. The number of allylic oxidation sites excluding steroid dienone is 1. The van der Waals surface area contributed by atoms with Crippen LogP contribution in [0.5, 0.6) is 0 Å². The molecule has 0 aliphatic rings. The predicted molar refractivity (Wildman–Crippen MR) is 35.1 cm³/mol. The lowest BCUT2D eigenvalue weighted by molar-refractivity contribution is 0.257. The second-order valence-electron chi connectivity index (χ2n) is 1.42. The lowest BCUT2D eigenvalue weighted by Gasteiger charge is -1.96. The van der Waals surface area contributed by atoms with Gasteiger partial charge in [0.2, 0.25) is 0 Å². The van der Waals surface area contributed by atoms with Crippen LogP contribution in [0.15, 0.2) is 11.2 Å². The molecule has 0 bridgehead atoms. The van der Waals surface area contributed by atoms with Crippen LogP contribution in [-0.4, -0.2) is 24.2 Å². The molecule has 0 radical (unpaired) electrons. The summed E-state index contributed by atoms with van der Waals surface area (Å²) in [7, 11) is 0.223. The van der Waals surface area contributed by atoms with E-state index in [9.17, 15) is 8.60 Å². The number of halogens is 1. The van der Waals surface area contributed by atoms with Gasteiger partial charge in [0.25, 0.3) is 0 Å². The molecule has 0 N–H and O–H groups in total. The first-order valence-electron chi connectivity index (χ1n) is 2.33. The van der Waals surface area contributed by atoms with Gasteiger partial charge in [0.15, 0.2) is 0 Å². The highest BCUT2D eigenvalue weighted by molar-refractivity contribution is 7.87. The summed E-state index contributed by atoms with van der Waals surface area (Å²) in [6.07, 6.45) is 1.45. The van der Waals surface area contributed by atoms with E-state index in [1.54, 1.807) is 0 Å². The summed E-state index contributed by atoms with van der Waals surface area (Å²) in [5.74, 6) is 0.121. The summed E-state index contributed by atoms with van der Waals surface area (Å²) < 4.78 is 26.6. The fourth-order valence-electron chi connectivity index (χ4n) is 0.319. The van der Waals surface area contributed by atoms with Gasteiger partial charge in [0.05, 0.1) is 7.11 Å². The van der Waals surface area contributed by atoms with Crippen LogP contribution in [-0.2, 0) is 15.5 Å². The minimum absolute atomic E-state index is 0.121. The average molecular weight is 152 g/mol. The molecule has 54 valence electrons. The van der Waals surface area contributed by atoms with Crippen molar-refractivity contribution in [1.29, 1.82) is 0 Å². The van der Waals surface area contributed by atoms with Crippen molar-refractivity contribution in [3.8, 4) is 0 Å². The van der Waals surface area contributed by atoms with Gasteiger partial charge in [-0.25, -0.2) is 4.39 Å². The Morgan fingerprint density at radius 1 is 1.89 bits per heavy atom. The molecule has 2 nitrogen and oxygen atoms in total. The third-order valence-corrected chi connectivity index (χ3v) is 1.29. The van der Waals surface area contributed by atoms with Gasteiger partial charge in [-0.3, -0.25) is 4.21 Å². The van der Waals surface area contributed by atoms with Gasteiger partial charge >= 0.3 is 0 Å². The van der Waals surface area contributed by atoms with Crippen molar-refractivity contribution in [3.63, 3.8) is 0 Å². The Morgan fingerprint density at radius 2 is 2.44 bits per heavy atom. The van der Waals surface area contributed by atoms with Crippen LogP contribution in [0.4, 0.5) is 4.39 Å². The summed E-state index contributed by atoms with van der Waals surface area (Å²) >= 11 is 0. The van der Waals surface area contributed by atoms with Crippen LogP contribution >= 0.6 is 0 Å². The van der Waals surface area contributed by atoms with Crippen LogP contribution in [0, 0.1) is 0 Å². The fraction of sp³-hybridized carbons (Fsp3) is 0.600. The summed E-state index contributed by atoms with van der Waals surface area (Å²) in [5.41, 5.74) is 0. The van der Waals surface area contributed by atoms with E-state index in [1.807, 2.05) is 0 Å². The first kappa shape index (κ1) is 8.62. The third-order valence-electron chi connectivity index (χ3n) is 0.691. The Hall–Kier alpha value is -0.380. The molecule has 0 rings (SSSR count). The zero-order valence-electron chi connectivity index (χ0n) is 5.39. The maximum Gasteiger partial charge on any atom is 0.147 e. The fourth-order valence-corrected chi connectivity index (χ4v) is 0.849. The molecular weight excluding hydrogens is 143 g/mol. The molecule has 0 amide bonds. The highest BCUT2D eigenvalue weighted by Crippen LogP contribution is 1.96.